The second-order valence-electron chi connectivity index (χ2n) is 6.82. The Labute approximate surface area is 177 Å². The molecule has 0 bridgehead atoms. The van der Waals surface area contributed by atoms with Crippen molar-refractivity contribution >= 4 is 41.4 Å². The van der Waals surface area contributed by atoms with Crippen molar-refractivity contribution < 1.29 is 39.3 Å². The van der Waals surface area contributed by atoms with E-state index >= 15 is 0 Å². The van der Waals surface area contributed by atoms with E-state index in [2.05, 4.69) is 10.6 Å². The van der Waals surface area contributed by atoms with Gasteiger partial charge in [-0.05, 0) is 31.3 Å². The van der Waals surface area contributed by atoms with Crippen LogP contribution in [0.1, 0.15) is 25.7 Å². The predicted octanol–water partition coefficient (Wildman–Crippen LogP) is -2.42. The van der Waals surface area contributed by atoms with Gasteiger partial charge < -0.3 is 36.6 Å². The molecule has 0 saturated carbocycles. The number of aliphatic hydroxyl groups is 1. The van der Waals surface area contributed by atoms with Crippen molar-refractivity contribution in [3.8, 4) is 0 Å². The standard InChI is InChI=1S/C17H28N4O8S/c1-30-6-4-9(18)14(25)19-10(7-13(23)24)16(27)21-5-2-3-12(21)15(26)20-11(8-22)17(28)29/h9-12,22H,2-8,18H2,1H3,(H,19,25)(H,20,26)(H,23,24)(H,28,29). The number of nitrogens with one attached hydrogen (secondary N) is 2. The van der Waals surface area contributed by atoms with Gasteiger partial charge in [0.2, 0.25) is 17.7 Å². The second kappa shape index (κ2) is 12.3. The van der Waals surface area contributed by atoms with Gasteiger partial charge in [-0.1, -0.05) is 0 Å². The molecule has 170 valence electrons. The molecule has 4 atom stereocenters. The van der Waals surface area contributed by atoms with Gasteiger partial charge in [0.25, 0.3) is 0 Å². The molecule has 3 amide bonds. The minimum Gasteiger partial charge on any atom is -0.481 e. The molecule has 13 heteroatoms. The van der Waals surface area contributed by atoms with Gasteiger partial charge in [-0.2, -0.15) is 11.8 Å². The van der Waals surface area contributed by atoms with Crippen molar-refractivity contribution in [2.24, 2.45) is 5.73 Å². The Bertz CT molecular complexity index is 662. The molecule has 1 aliphatic rings. The van der Waals surface area contributed by atoms with Crippen LogP contribution in [0, 0.1) is 0 Å². The summed E-state index contributed by atoms with van der Waals surface area (Å²) in [5.74, 6) is -4.36. The van der Waals surface area contributed by atoms with Crippen LogP contribution < -0.4 is 16.4 Å². The summed E-state index contributed by atoms with van der Waals surface area (Å²) in [6.45, 7) is -0.689. The van der Waals surface area contributed by atoms with E-state index in [1.807, 2.05) is 6.26 Å². The average Bonchev–Trinajstić information content (AvgIpc) is 3.18. The van der Waals surface area contributed by atoms with Crippen LogP contribution in [0.2, 0.25) is 0 Å². The van der Waals surface area contributed by atoms with Gasteiger partial charge in [-0.3, -0.25) is 19.2 Å². The molecule has 1 rings (SSSR count). The molecule has 0 spiro atoms. The van der Waals surface area contributed by atoms with Crippen molar-refractivity contribution in [3.63, 3.8) is 0 Å². The fourth-order valence-corrected chi connectivity index (χ4v) is 3.48. The number of rotatable bonds is 12. The van der Waals surface area contributed by atoms with Crippen LogP contribution in [-0.2, 0) is 24.0 Å². The van der Waals surface area contributed by atoms with Crippen LogP contribution in [-0.4, -0.2) is 99.2 Å². The first-order valence-electron chi connectivity index (χ1n) is 9.33. The number of carboxylic acid groups (broad SMARTS) is 2. The summed E-state index contributed by atoms with van der Waals surface area (Å²) in [5.41, 5.74) is 5.77. The summed E-state index contributed by atoms with van der Waals surface area (Å²) >= 11 is 1.48. The van der Waals surface area contributed by atoms with Gasteiger partial charge in [0.15, 0.2) is 0 Å². The van der Waals surface area contributed by atoms with E-state index in [0.717, 1.165) is 4.90 Å². The molecule has 4 unspecified atom stereocenters. The smallest absolute Gasteiger partial charge is 0.328 e. The maximum Gasteiger partial charge on any atom is 0.328 e. The molecule has 0 aromatic carbocycles. The number of carboxylic acids is 2. The Kier molecular flexibility index (Phi) is 10.6. The van der Waals surface area contributed by atoms with Crippen LogP contribution in [0.4, 0.5) is 0 Å². The fraction of sp³-hybridized carbons (Fsp3) is 0.706. The average molecular weight is 448 g/mol. The number of aliphatic hydroxyl groups excluding tert-OH is 1. The number of likely N-dealkylation sites (tertiary alicyclic amines) is 1. The largest absolute Gasteiger partial charge is 0.481 e. The van der Waals surface area contributed by atoms with Gasteiger partial charge in [-0.25, -0.2) is 4.79 Å². The predicted molar refractivity (Wildman–Crippen MR) is 107 cm³/mol. The van der Waals surface area contributed by atoms with Crippen LogP contribution >= 0.6 is 11.8 Å². The molecule has 0 radical (unpaired) electrons. The van der Waals surface area contributed by atoms with Gasteiger partial charge >= 0.3 is 11.9 Å². The van der Waals surface area contributed by atoms with Gasteiger partial charge in [0.05, 0.1) is 19.1 Å². The van der Waals surface area contributed by atoms with E-state index in [4.69, 9.17) is 21.1 Å². The van der Waals surface area contributed by atoms with E-state index in [-0.39, 0.29) is 13.0 Å². The summed E-state index contributed by atoms with van der Waals surface area (Å²) in [6, 6.07) is -4.90. The Hall–Kier alpha value is -2.38. The maximum atomic E-state index is 12.9. The van der Waals surface area contributed by atoms with Gasteiger partial charge in [0, 0.05) is 6.54 Å². The molecule has 30 heavy (non-hydrogen) atoms. The molecule has 1 aliphatic heterocycles. The Morgan fingerprint density at radius 3 is 2.37 bits per heavy atom. The van der Waals surface area contributed by atoms with Gasteiger partial charge in [-0.15, -0.1) is 0 Å². The summed E-state index contributed by atoms with van der Waals surface area (Å²) < 4.78 is 0. The molecule has 0 aromatic rings. The van der Waals surface area contributed by atoms with E-state index < -0.39 is 66.9 Å². The van der Waals surface area contributed by atoms with Crippen LogP contribution in [0.25, 0.3) is 0 Å². The minimum absolute atomic E-state index is 0.137. The number of aliphatic carboxylic acids is 2. The number of hydrogen-bond acceptors (Lipinski definition) is 8. The highest BCUT2D eigenvalue weighted by atomic mass is 32.2. The number of carbonyl (C=O) groups is 5. The molecular weight excluding hydrogens is 420 g/mol. The lowest BCUT2D eigenvalue weighted by Crippen LogP contribution is -2.57. The molecule has 1 saturated heterocycles. The van der Waals surface area contributed by atoms with E-state index in [9.17, 15) is 24.0 Å². The van der Waals surface area contributed by atoms with E-state index in [1.54, 1.807) is 0 Å². The lowest BCUT2D eigenvalue weighted by Gasteiger charge is -2.29. The summed E-state index contributed by atoms with van der Waals surface area (Å²) in [4.78, 5) is 60.9. The molecule has 1 heterocycles. The Morgan fingerprint density at radius 2 is 1.83 bits per heavy atom. The number of hydrogen-bond donors (Lipinski definition) is 6. The summed E-state index contributed by atoms with van der Waals surface area (Å²) in [7, 11) is 0. The third-order valence-electron chi connectivity index (χ3n) is 4.60. The zero-order valence-electron chi connectivity index (χ0n) is 16.6. The normalized spacial score (nSPS) is 18.9. The number of nitrogens with two attached hydrogens (primary N) is 1. The topological polar surface area (TPSA) is 199 Å². The van der Waals surface area contributed by atoms with E-state index in [0.29, 0.717) is 18.6 Å². The van der Waals surface area contributed by atoms with Crippen LogP contribution in [0.3, 0.4) is 0 Å². The lowest BCUT2D eigenvalue weighted by molar-refractivity contribution is -0.147. The Balaban J connectivity index is 2.90. The Morgan fingerprint density at radius 1 is 1.17 bits per heavy atom. The zero-order chi connectivity index (χ0) is 22.8. The van der Waals surface area contributed by atoms with Gasteiger partial charge in [0.1, 0.15) is 18.1 Å². The van der Waals surface area contributed by atoms with E-state index in [1.165, 1.54) is 11.8 Å². The molecule has 12 nitrogen and oxygen atoms in total. The van der Waals surface area contributed by atoms with Crippen molar-refractivity contribution in [2.45, 2.75) is 49.9 Å². The first-order chi connectivity index (χ1) is 14.1. The number of carbonyl (C=O) groups excluding carboxylic acids is 3. The number of nitrogens with zero attached hydrogens (tertiary/aromatic N) is 1. The summed E-state index contributed by atoms with van der Waals surface area (Å²) in [5, 5.41) is 31.6. The lowest BCUT2D eigenvalue weighted by atomic mass is 10.1. The molecule has 7 N–H and O–H groups in total. The summed E-state index contributed by atoms with van der Waals surface area (Å²) in [6.07, 6.45) is 2.15. The molecule has 1 fully saturated rings. The third kappa shape index (κ3) is 7.46. The number of thioether (sulfide) groups is 1. The van der Waals surface area contributed by atoms with Crippen molar-refractivity contribution in [1.29, 1.82) is 0 Å². The SMILES string of the molecule is CSCCC(N)C(=O)NC(CC(=O)O)C(=O)N1CCCC1C(=O)NC(CO)C(=O)O. The zero-order valence-corrected chi connectivity index (χ0v) is 17.4. The third-order valence-corrected chi connectivity index (χ3v) is 5.24. The highest BCUT2D eigenvalue weighted by Gasteiger charge is 2.39. The minimum atomic E-state index is -1.53. The molecule has 0 aromatic heterocycles. The second-order valence-corrected chi connectivity index (χ2v) is 7.80. The highest BCUT2D eigenvalue weighted by Crippen LogP contribution is 2.19. The molecule has 0 aliphatic carbocycles. The quantitative estimate of drug-likeness (QED) is 0.187. The number of amides is 3. The fourth-order valence-electron chi connectivity index (χ4n) is 2.99. The van der Waals surface area contributed by atoms with Crippen molar-refractivity contribution in [3.05, 3.63) is 0 Å². The first-order valence-corrected chi connectivity index (χ1v) is 10.7. The maximum absolute atomic E-state index is 12.9. The van der Waals surface area contributed by atoms with Crippen molar-refractivity contribution in [1.82, 2.24) is 15.5 Å². The van der Waals surface area contributed by atoms with Crippen LogP contribution in [0.15, 0.2) is 0 Å². The highest BCUT2D eigenvalue weighted by molar-refractivity contribution is 7.98. The van der Waals surface area contributed by atoms with Crippen LogP contribution in [0.5, 0.6) is 0 Å². The molecular formula is C17H28N4O8S. The first kappa shape index (κ1) is 25.7. The van der Waals surface area contributed by atoms with Crippen molar-refractivity contribution in [2.75, 3.05) is 25.2 Å². The monoisotopic (exact) mass is 448 g/mol.